The van der Waals surface area contributed by atoms with E-state index in [0.717, 1.165) is 16.9 Å². The van der Waals surface area contributed by atoms with Gasteiger partial charge in [0.15, 0.2) is 0 Å². The molecule has 134 valence electrons. The Hall–Kier alpha value is -2.46. The van der Waals surface area contributed by atoms with Crippen molar-refractivity contribution in [3.05, 3.63) is 82.7 Å². The predicted molar refractivity (Wildman–Crippen MR) is 107 cm³/mol. The third-order valence-electron chi connectivity index (χ3n) is 4.05. The van der Waals surface area contributed by atoms with Gasteiger partial charge in [0, 0.05) is 21.8 Å². The van der Waals surface area contributed by atoms with Crippen LogP contribution in [0.15, 0.2) is 80.8 Å². The average molecular weight is 366 g/mol. The Labute approximate surface area is 157 Å². The maximum Gasteiger partial charge on any atom is 0.344 e. The molecule has 0 unspecified atom stereocenters. The van der Waals surface area contributed by atoms with Crippen molar-refractivity contribution in [2.75, 3.05) is 0 Å². The van der Waals surface area contributed by atoms with Crippen molar-refractivity contribution in [3.8, 4) is 17.1 Å². The predicted octanol–water partition coefficient (Wildman–Crippen LogP) is 5.89. The molecular formula is C22H22O3S. The molecule has 4 heteroatoms. The Morgan fingerprint density at radius 2 is 1.62 bits per heavy atom. The molecule has 0 spiro atoms. The minimum atomic E-state index is -0.474. The van der Waals surface area contributed by atoms with Crippen molar-refractivity contribution >= 4 is 11.8 Å². The van der Waals surface area contributed by atoms with Gasteiger partial charge in [-0.15, -0.1) is 11.8 Å². The van der Waals surface area contributed by atoms with Crippen molar-refractivity contribution in [2.45, 2.75) is 30.4 Å². The van der Waals surface area contributed by atoms with E-state index in [4.69, 9.17) is 4.42 Å². The highest BCUT2D eigenvalue weighted by Crippen LogP contribution is 2.42. The van der Waals surface area contributed by atoms with Gasteiger partial charge >= 0.3 is 5.63 Å². The van der Waals surface area contributed by atoms with E-state index < -0.39 is 5.63 Å². The van der Waals surface area contributed by atoms with Crippen LogP contribution >= 0.6 is 11.8 Å². The SMILES string of the molecule is CC(C)C[C@H](Sc1ccccc1)c1c(O)cc(-c2ccccc2)oc1=O. The highest BCUT2D eigenvalue weighted by Gasteiger charge is 2.24. The molecule has 3 aromatic rings. The standard InChI is InChI=1S/C22H22O3S/c1-15(2)13-20(26-17-11-7-4-8-12-17)21-18(23)14-19(25-22(21)24)16-9-5-3-6-10-16/h3-12,14-15,20,23H,13H2,1-2H3/t20-/m0/s1. The molecule has 3 nitrogen and oxygen atoms in total. The quantitative estimate of drug-likeness (QED) is 0.553. The Morgan fingerprint density at radius 3 is 2.19 bits per heavy atom. The Kier molecular flexibility index (Phi) is 5.84. The van der Waals surface area contributed by atoms with Gasteiger partial charge < -0.3 is 9.52 Å². The van der Waals surface area contributed by atoms with E-state index in [-0.39, 0.29) is 11.0 Å². The smallest absolute Gasteiger partial charge is 0.344 e. The zero-order valence-electron chi connectivity index (χ0n) is 14.9. The molecule has 0 radical (unpaired) electrons. The van der Waals surface area contributed by atoms with Gasteiger partial charge in [-0.1, -0.05) is 62.4 Å². The molecule has 0 bridgehead atoms. The minimum absolute atomic E-state index is 0.00539. The molecule has 1 heterocycles. The van der Waals surface area contributed by atoms with Crippen LogP contribution in [0.1, 0.15) is 31.1 Å². The Balaban J connectivity index is 1.99. The number of thioether (sulfide) groups is 1. The van der Waals surface area contributed by atoms with E-state index >= 15 is 0 Å². The molecule has 0 saturated carbocycles. The topological polar surface area (TPSA) is 50.4 Å². The molecule has 0 amide bonds. The maximum absolute atomic E-state index is 12.7. The first-order valence-electron chi connectivity index (χ1n) is 8.68. The Morgan fingerprint density at radius 1 is 1.00 bits per heavy atom. The normalized spacial score (nSPS) is 12.3. The zero-order chi connectivity index (χ0) is 18.5. The summed E-state index contributed by atoms with van der Waals surface area (Å²) in [5, 5.41) is 10.5. The van der Waals surface area contributed by atoms with E-state index in [9.17, 15) is 9.90 Å². The summed E-state index contributed by atoms with van der Waals surface area (Å²) in [6.45, 7) is 4.21. The van der Waals surface area contributed by atoms with Crippen molar-refractivity contribution in [1.29, 1.82) is 0 Å². The molecule has 0 aliphatic rings. The van der Waals surface area contributed by atoms with E-state index in [2.05, 4.69) is 13.8 Å². The lowest BCUT2D eigenvalue weighted by atomic mass is 10.0. The lowest BCUT2D eigenvalue weighted by Gasteiger charge is -2.19. The van der Waals surface area contributed by atoms with Gasteiger partial charge in [0.2, 0.25) is 0 Å². The molecule has 3 rings (SSSR count). The highest BCUT2D eigenvalue weighted by atomic mass is 32.2. The highest BCUT2D eigenvalue weighted by molar-refractivity contribution is 7.99. The first-order valence-corrected chi connectivity index (χ1v) is 9.56. The number of hydrogen-bond acceptors (Lipinski definition) is 4. The Bertz CT molecular complexity index is 902. The van der Waals surface area contributed by atoms with Crippen LogP contribution in [0.25, 0.3) is 11.3 Å². The van der Waals surface area contributed by atoms with E-state index in [1.807, 2.05) is 60.7 Å². The van der Waals surface area contributed by atoms with E-state index in [1.165, 1.54) is 0 Å². The molecule has 26 heavy (non-hydrogen) atoms. The van der Waals surface area contributed by atoms with Crippen LogP contribution in [0.5, 0.6) is 5.75 Å². The number of hydrogen-bond donors (Lipinski definition) is 1. The fourth-order valence-corrected chi connectivity index (χ4v) is 4.31. The van der Waals surface area contributed by atoms with Crippen molar-refractivity contribution in [1.82, 2.24) is 0 Å². The van der Waals surface area contributed by atoms with Crippen molar-refractivity contribution in [3.63, 3.8) is 0 Å². The van der Waals surface area contributed by atoms with Crippen LogP contribution < -0.4 is 5.63 Å². The van der Waals surface area contributed by atoms with Gasteiger partial charge in [-0.25, -0.2) is 4.79 Å². The molecule has 0 aliphatic carbocycles. The molecule has 0 fully saturated rings. The van der Waals surface area contributed by atoms with Crippen LogP contribution in [0, 0.1) is 5.92 Å². The zero-order valence-corrected chi connectivity index (χ0v) is 15.7. The molecule has 1 aromatic heterocycles. The summed E-state index contributed by atoms with van der Waals surface area (Å²) >= 11 is 1.58. The lowest BCUT2D eigenvalue weighted by Crippen LogP contribution is -2.13. The van der Waals surface area contributed by atoms with Gasteiger partial charge in [0.05, 0.1) is 5.56 Å². The van der Waals surface area contributed by atoms with Gasteiger partial charge in [-0.2, -0.15) is 0 Å². The monoisotopic (exact) mass is 366 g/mol. The first-order chi connectivity index (χ1) is 12.5. The van der Waals surface area contributed by atoms with Crippen LogP contribution in [0.3, 0.4) is 0 Å². The summed E-state index contributed by atoms with van der Waals surface area (Å²) in [7, 11) is 0. The number of benzene rings is 2. The average Bonchev–Trinajstić information content (AvgIpc) is 2.62. The van der Waals surface area contributed by atoms with Crippen LogP contribution in [0.4, 0.5) is 0 Å². The molecule has 0 aliphatic heterocycles. The molecule has 1 atom stereocenters. The fourth-order valence-electron chi connectivity index (χ4n) is 2.85. The lowest BCUT2D eigenvalue weighted by molar-refractivity contribution is 0.433. The van der Waals surface area contributed by atoms with Crippen LogP contribution in [-0.4, -0.2) is 5.11 Å². The third kappa shape index (κ3) is 4.38. The summed E-state index contributed by atoms with van der Waals surface area (Å²) in [6.07, 6.45) is 0.766. The number of rotatable bonds is 6. The second-order valence-corrected chi connectivity index (χ2v) is 7.89. The van der Waals surface area contributed by atoms with Gasteiger partial charge in [0.1, 0.15) is 11.5 Å². The molecule has 0 saturated heterocycles. The van der Waals surface area contributed by atoms with Gasteiger partial charge in [-0.05, 0) is 24.5 Å². The first kappa shape index (κ1) is 18.3. The third-order valence-corrected chi connectivity index (χ3v) is 5.31. The second-order valence-electron chi connectivity index (χ2n) is 6.61. The largest absolute Gasteiger partial charge is 0.507 e. The van der Waals surface area contributed by atoms with E-state index in [0.29, 0.717) is 17.2 Å². The summed E-state index contributed by atoms with van der Waals surface area (Å²) in [4.78, 5) is 13.8. The summed E-state index contributed by atoms with van der Waals surface area (Å²) in [6, 6.07) is 20.8. The van der Waals surface area contributed by atoms with E-state index in [1.54, 1.807) is 17.8 Å². The van der Waals surface area contributed by atoms with Crippen LogP contribution in [0.2, 0.25) is 0 Å². The van der Waals surface area contributed by atoms with Crippen LogP contribution in [-0.2, 0) is 0 Å². The fraction of sp³-hybridized carbons (Fsp3) is 0.227. The minimum Gasteiger partial charge on any atom is -0.507 e. The summed E-state index contributed by atoms with van der Waals surface area (Å²) < 4.78 is 5.55. The van der Waals surface area contributed by atoms with Crippen molar-refractivity contribution in [2.24, 2.45) is 5.92 Å². The summed E-state index contributed by atoms with van der Waals surface area (Å²) in [5.41, 5.74) is 0.632. The molecule has 2 aromatic carbocycles. The molecule has 1 N–H and O–H groups in total. The van der Waals surface area contributed by atoms with Gasteiger partial charge in [0.25, 0.3) is 0 Å². The molecular weight excluding hydrogens is 344 g/mol. The maximum atomic E-state index is 12.7. The van der Waals surface area contributed by atoms with Crippen molar-refractivity contribution < 1.29 is 9.52 Å². The summed E-state index contributed by atoms with van der Waals surface area (Å²) in [5.74, 6) is 0.753. The second kappa shape index (κ2) is 8.28. The van der Waals surface area contributed by atoms with Gasteiger partial charge in [-0.3, -0.25) is 0 Å². The number of aromatic hydroxyl groups is 1.